The van der Waals surface area contributed by atoms with Crippen molar-refractivity contribution in [2.24, 2.45) is 0 Å². The number of rotatable bonds is 4. The van der Waals surface area contributed by atoms with Gasteiger partial charge in [-0.1, -0.05) is 6.07 Å². The van der Waals surface area contributed by atoms with Crippen LogP contribution >= 0.6 is 11.3 Å². The third-order valence-corrected chi connectivity index (χ3v) is 5.43. The maximum absolute atomic E-state index is 12.9. The van der Waals surface area contributed by atoms with E-state index in [-0.39, 0.29) is 23.7 Å². The van der Waals surface area contributed by atoms with Crippen LogP contribution in [0.5, 0.6) is 0 Å². The summed E-state index contributed by atoms with van der Waals surface area (Å²) in [7, 11) is 0. The number of carboxylic acids is 1. The molecule has 4 rings (SSSR count). The molecule has 2 aromatic heterocycles. The number of ketones is 1. The summed E-state index contributed by atoms with van der Waals surface area (Å²) in [6, 6.07) is 9.74. The van der Waals surface area contributed by atoms with Gasteiger partial charge < -0.3 is 10.4 Å². The van der Waals surface area contributed by atoms with E-state index in [9.17, 15) is 14.4 Å². The van der Waals surface area contributed by atoms with Crippen molar-refractivity contribution in [2.45, 2.75) is 19.3 Å². The highest BCUT2D eigenvalue weighted by molar-refractivity contribution is 7.12. The molecule has 0 aliphatic carbocycles. The maximum atomic E-state index is 12.9. The summed E-state index contributed by atoms with van der Waals surface area (Å²) >= 11 is 1.35. The van der Waals surface area contributed by atoms with Gasteiger partial charge >= 0.3 is 5.97 Å². The fraction of sp³-hybridized carbons (Fsp3) is 0.158. The minimum absolute atomic E-state index is 0.0776. The number of Topliss-reactive ketones (excluding diaryl/α,β-unsaturated/α-hetero) is 1. The molecule has 136 valence electrons. The van der Waals surface area contributed by atoms with Crippen molar-refractivity contribution in [1.82, 2.24) is 9.78 Å². The molecule has 27 heavy (non-hydrogen) atoms. The highest BCUT2D eigenvalue weighted by Gasteiger charge is 2.36. The average Bonchev–Trinajstić information content (AvgIpc) is 3.29. The predicted molar refractivity (Wildman–Crippen MR) is 99.9 cm³/mol. The molecule has 7 nitrogen and oxygen atoms in total. The monoisotopic (exact) mass is 381 g/mol. The largest absolute Gasteiger partial charge is 0.478 e. The summed E-state index contributed by atoms with van der Waals surface area (Å²) in [6.07, 6.45) is 0.0776. The van der Waals surface area contributed by atoms with E-state index in [1.165, 1.54) is 23.5 Å². The highest BCUT2D eigenvalue weighted by Crippen LogP contribution is 2.38. The number of aryl methyl sites for hydroxylation is 1. The first-order valence-corrected chi connectivity index (χ1v) is 9.14. The van der Waals surface area contributed by atoms with Gasteiger partial charge in [0, 0.05) is 12.0 Å². The van der Waals surface area contributed by atoms with Crippen LogP contribution in [0.25, 0.3) is 5.69 Å². The topological polar surface area (TPSA) is 101 Å². The van der Waals surface area contributed by atoms with Crippen molar-refractivity contribution in [1.29, 1.82) is 0 Å². The van der Waals surface area contributed by atoms with Crippen LogP contribution < -0.4 is 5.32 Å². The van der Waals surface area contributed by atoms with E-state index in [1.54, 1.807) is 29.8 Å². The van der Waals surface area contributed by atoms with E-state index in [2.05, 4.69) is 10.4 Å². The van der Waals surface area contributed by atoms with Gasteiger partial charge in [-0.15, -0.1) is 11.3 Å². The molecule has 1 amide bonds. The lowest BCUT2D eigenvalue weighted by molar-refractivity contribution is -0.116. The number of hydrogen-bond acceptors (Lipinski definition) is 5. The second-order valence-corrected chi connectivity index (χ2v) is 7.21. The molecule has 0 saturated heterocycles. The molecule has 1 unspecified atom stereocenters. The van der Waals surface area contributed by atoms with Crippen LogP contribution in [-0.2, 0) is 4.79 Å². The van der Waals surface area contributed by atoms with Crippen molar-refractivity contribution in [3.63, 3.8) is 0 Å². The number of carboxylic acid groups (broad SMARTS) is 1. The Kier molecular flexibility index (Phi) is 4.12. The molecule has 0 bridgehead atoms. The Morgan fingerprint density at radius 1 is 1.26 bits per heavy atom. The van der Waals surface area contributed by atoms with Gasteiger partial charge in [0.1, 0.15) is 5.82 Å². The Balaban J connectivity index is 1.80. The van der Waals surface area contributed by atoms with Gasteiger partial charge in [-0.25, -0.2) is 9.48 Å². The van der Waals surface area contributed by atoms with Gasteiger partial charge in [0.05, 0.1) is 27.7 Å². The number of aromatic carboxylic acids is 1. The first kappa shape index (κ1) is 17.2. The van der Waals surface area contributed by atoms with Crippen molar-refractivity contribution >= 4 is 34.8 Å². The van der Waals surface area contributed by atoms with E-state index >= 15 is 0 Å². The zero-order valence-electron chi connectivity index (χ0n) is 14.3. The number of carbonyl (C=O) groups excluding carboxylic acids is 2. The van der Waals surface area contributed by atoms with Gasteiger partial charge in [0.2, 0.25) is 5.91 Å². The standard InChI is InChI=1S/C19H15N3O4S/c1-10-16-13(17(24)14-3-2-8-27-14)9-15(23)20-18(16)22(21-10)12-6-4-11(5-7-12)19(25)26/h2-8,13H,9H2,1H3,(H,20,23)(H,25,26). The molecule has 0 fully saturated rings. The normalized spacial score (nSPS) is 15.9. The number of hydrogen-bond donors (Lipinski definition) is 2. The SMILES string of the molecule is Cc1nn(-c2ccc(C(=O)O)cc2)c2c1C(C(=O)c1cccs1)CC(=O)N2. The van der Waals surface area contributed by atoms with E-state index in [1.807, 2.05) is 11.4 Å². The molecule has 3 heterocycles. The van der Waals surface area contributed by atoms with E-state index < -0.39 is 11.9 Å². The van der Waals surface area contributed by atoms with E-state index in [0.717, 1.165) is 0 Å². The minimum Gasteiger partial charge on any atom is -0.478 e. The summed E-state index contributed by atoms with van der Waals surface area (Å²) < 4.78 is 1.54. The molecular formula is C19H15N3O4S. The van der Waals surface area contributed by atoms with Gasteiger partial charge in [-0.3, -0.25) is 9.59 Å². The smallest absolute Gasteiger partial charge is 0.335 e. The Bertz CT molecular complexity index is 1050. The van der Waals surface area contributed by atoms with Gasteiger partial charge in [-0.05, 0) is 42.6 Å². The first-order valence-electron chi connectivity index (χ1n) is 8.26. The predicted octanol–water partition coefficient (Wildman–Crippen LogP) is 3.25. The molecular weight excluding hydrogens is 366 g/mol. The highest BCUT2D eigenvalue weighted by atomic mass is 32.1. The average molecular weight is 381 g/mol. The molecule has 0 saturated carbocycles. The number of nitrogens with one attached hydrogen (secondary N) is 1. The zero-order valence-corrected chi connectivity index (χ0v) is 15.1. The molecule has 0 spiro atoms. The molecule has 8 heteroatoms. The Labute approximate surface area is 158 Å². The number of aromatic nitrogens is 2. The lowest BCUT2D eigenvalue weighted by atomic mass is 9.87. The zero-order chi connectivity index (χ0) is 19.1. The van der Waals surface area contributed by atoms with Crippen molar-refractivity contribution in [2.75, 3.05) is 5.32 Å². The number of amides is 1. The summed E-state index contributed by atoms with van der Waals surface area (Å²) in [6.45, 7) is 1.80. The fourth-order valence-electron chi connectivity index (χ4n) is 3.29. The summed E-state index contributed by atoms with van der Waals surface area (Å²) in [5.74, 6) is -1.48. The van der Waals surface area contributed by atoms with Gasteiger partial charge in [0.25, 0.3) is 0 Å². The first-order chi connectivity index (χ1) is 13.0. The second-order valence-electron chi connectivity index (χ2n) is 6.26. The number of carbonyl (C=O) groups is 3. The van der Waals surface area contributed by atoms with Crippen LogP contribution in [0.3, 0.4) is 0 Å². The molecule has 1 atom stereocenters. The van der Waals surface area contributed by atoms with Gasteiger partial charge in [0.15, 0.2) is 5.78 Å². The molecule has 1 aliphatic heterocycles. The van der Waals surface area contributed by atoms with E-state index in [4.69, 9.17) is 5.11 Å². The lowest BCUT2D eigenvalue weighted by Crippen LogP contribution is -2.28. The van der Waals surface area contributed by atoms with Crippen molar-refractivity contribution in [3.05, 3.63) is 63.5 Å². The van der Waals surface area contributed by atoms with Crippen LogP contribution in [-0.4, -0.2) is 32.5 Å². The van der Waals surface area contributed by atoms with Crippen LogP contribution in [0.15, 0.2) is 41.8 Å². The Hall–Kier alpha value is -3.26. The number of thiophene rings is 1. The number of nitrogens with zero attached hydrogens (tertiary/aromatic N) is 2. The molecule has 0 radical (unpaired) electrons. The lowest BCUT2D eigenvalue weighted by Gasteiger charge is -2.22. The number of benzene rings is 1. The summed E-state index contributed by atoms with van der Waals surface area (Å²) in [5.41, 5.74) is 2.12. The molecule has 1 aromatic carbocycles. The molecule has 3 aromatic rings. The third kappa shape index (κ3) is 2.93. The Morgan fingerprint density at radius 2 is 2.00 bits per heavy atom. The maximum Gasteiger partial charge on any atom is 0.335 e. The Morgan fingerprint density at radius 3 is 2.63 bits per heavy atom. The van der Waals surface area contributed by atoms with Crippen LogP contribution in [0, 0.1) is 6.92 Å². The van der Waals surface area contributed by atoms with Crippen molar-refractivity contribution < 1.29 is 19.5 Å². The van der Waals surface area contributed by atoms with E-state index in [0.29, 0.717) is 27.6 Å². The quantitative estimate of drug-likeness (QED) is 0.676. The third-order valence-electron chi connectivity index (χ3n) is 4.54. The van der Waals surface area contributed by atoms with Crippen molar-refractivity contribution in [3.8, 4) is 5.69 Å². The summed E-state index contributed by atoms with van der Waals surface area (Å²) in [5, 5.41) is 18.2. The summed E-state index contributed by atoms with van der Waals surface area (Å²) in [4.78, 5) is 36.8. The van der Waals surface area contributed by atoms with Crippen LogP contribution in [0.4, 0.5) is 5.82 Å². The minimum atomic E-state index is -1.02. The molecule has 2 N–H and O–H groups in total. The number of fused-ring (bicyclic) bond motifs is 1. The second kappa shape index (κ2) is 6.48. The van der Waals surface area contributed by atoms with Crippen LogP contribution in [0.1, 0.15) is 43.6 Å². The van der Waals surface area contributed by atoms with Gasteiger partial charge in [-0.2, -0.15) is 5.10 Å². The fourth-order valence-corrected chi connectivity index (χ4v) is 4.01. The number of anilines is 1. The van der Waals surface area contributed by atoms with Crippen LogP contribution in [0.2, 0.25) is 0 Å². The molecule has 1 aliphatic rings.